The van der Waals surface area contributed by atoms with Crippen molar-refractivity contribution in [1.29, 1.82) is 0 Å². The van der Waals surface area contributed by atoms with Crippen LogP contribution in [-0.4, -0.2) is 52.1 Å². The zero-order valence-electron chi connectivity index (χ0n) is 15.4. The molecule has 0 aromatic carbocycles. The lowest BCUT2D eigenvalue weighted by atomic mass is 9.93. The summed E-state index contributed by atoms with van der Waals surface area (Å²) in [6, 6.07) is 2.71. The monoisotopic (exact) mass is 357 g/mol. The number of nitrogens with two attached hydrogens (primary N) is 1. The molecular weight excluding hydrogens is 330 g/mol. The maximum Gasteiger partial charge on any atom is 0.221 e. The molecule has 0 bridgehead atoms. The van der Waals surface area contributed by atoms with Crippen LogP contribution in [-0.2, 0) is 11.3 Å². The summed E-state index contributed by atoms with van der Waals surface area (Å²) in [7, 11) is 1.76. The van der Waals surface area contributed by atoms with E-state index in [0.29, 0.717) is 12.0 Å². The van der Waals surface area contributed by atoms with E-state index < -0.39 is 0 Å². The van der Waals surface area contributed by atoms with Crippen molar-refractivity contribution in [2.24, 2.45) is 0 Å². The zero-order chi connectivity index (χ0) is 18.1. The number of hydrogen-bond acceptors (Lipinski definition) is 7. The Morgan fingerprint density at radius 2 is 2.19 bits per heavy atom. The fourth-order valence-electron chi connectivity index (χ4n) is 3.81. The fraction of sp³-hybridized carbons (Fsp3) is 0.611. The molecule has 2 aliphatic rings. The van der Waals surface area contributed by atoms with Gasteiger partial charge < -0.3 is 20.7 Å². The third kappa shape index (κ3) is 3.26. The van der Waals surface area contributed by atoms with E-state index in [1.807, 2.05) is 12.3 Å². The van der Waals surface area contributed by atoms with Crippen LogP contribution in [0.5, 0.6) is 0 Å². The number of rotatable bonds is 6. The van der Waals surface area contributed by atoms with Crippen LogP contribution in [0.25, 0.3) is 0 Å². The molecule has 26 heavy (non-hydrogen) atoms. The van der Waals surface area contributed by atoms with E-state index in [2.05, 4.69) is 36.9 Å². The molecule has 1 saturated heterocycles. The minimum Gasteiger partial charge on any atom is -0.378 e. The van der Waals surface area contributed by atoms with Gasteiger partial charge in [0, 0.05) is 44.2 Å². The molecule has 2 aromatic rings. The van der Waals surface area contributed by atoms with Crippen LogP contribution < -0.4 is 16.0 Å². The molecule has 0 radical (unpaired) electrons. The minimum atomic E-state index is 0.105. The molecular formula is C18H27N7O. The van der Waals surface area contributed by atoms with E-state index in [0.717, 1.165) is 25.5 Å². The lowest BCUT2D eigenvalue weighted by Gasteiger charge is -2.27. The quantitative estimate of drug-likeness (QED) is 0.804. The smallest absolute Gasteiger partial charge is 0.221 e. The van der Waals surface area contributed by atoms with Crippen LogP contribution in [0.1, 0.15) is 36.6 Å². The summed E-state index contributed by atoms with van der Waals surface area (Å²) in [4.78, 5) is 10.5. The number of ether oxygens (including phenoxy) is 1. The summed E-state index contributed by atoms with van der Waals surface area (Å²) in [5, 5.41) is 8.25. The maximum atomic E-state index is 5.72. The number of nitrogen functional groups attached to an aromatic ring is 1. The van der Waals surface area contributed by atoms with Crippen LogP contribution in [0.3, 0.4) is 0 Å². The first-order chi connectivity index (χ1) is 12.7. The number of methoxy groups -OCH3 is 1. The van der Waals surface area contributed by atoms with Gasteiger partial charge in [0.05, 0.1) is 24.4 Å². The van der Waals surface area contributed by atoms with E-state index in [1.54, 1.807) is 13.3 Å². The number of hydrogen-bond donors (Lipinski definition) is 2. The molecule has 0 amide bonds. The molecule has 2 atom stereocenters. The molecule has 4 rings (SSSR count). The number of aromatic nitrogens is 4. The summed E-state index contributed by atoms with van der Waals surface area (Å²) < 4.78 is 7.89. The summed E-state index contributed by atoms with van der Waals surface area (Å²) >= 11 is 0. The molecule has 0 unspecified atom stereocenters. The lowest BCUT2D eigenvalue weighted by molar-refractivity contribution is 0.0966. The van der Waals surface area contributed by atoms with Gasteiger partial charge in [0.1, 0.15) is 5.82 Å². The SMILES string of the molecule is CO[C@@H]1CN(c2ccnc(N)n2)C[C@@H]1NCc1cnn(C2CCC2)c1C. The van der Waals surface area contributed by atoms with E-state index >= 15 is 0 Å². The summed E-state index contributed by atoms with van der Waals surface area (Å²) in [6.07, 6.45) is 7.62. The van der Waals surface area contributed by atoms with Crippen LogP contribution in [0, 0.1) is 6.92 Å². The largest absolute Gasteiger partial charge is 0.378 e. The van der Waals surface area contributed by atoms with Gasteiger partial charge in [0.15, 0.2) is 0 Å². The van der Waals surface area contributed by atoms with Crippen LogP contribution >= 0.6 is 0 Å². The number of anilines is 2. The van der Waals surface area contributed by atoms with Crippen molar-refractivity contribution >= 4 is 11.8 Å². The molecule has 1 aliphatic heterocycles. The first-order valence-corrected chi connectivity index (χ1v) is 9.28. The Kier molecular flexibility index (Phi) is 4.78. The van der Waals surface area contributed by atoms with Gasteiger partial charge in [-0.1, -0.05) is 0 Å². The zero-order valence-corrected chi connectivity index (χ0v) is 15.4. The Morgan fingerprint density at radius 1 is 1.35 bits per heavy atom. The fourth-order valence-corrected chi connectivity index (χ4v) is 3.81. The highest BCUT2D eigenvalue weighted by atomic mass is 16.5. The standard InChI is InChI=1S/C18H27N7O/c1-12-13(9-22-25(12)14-4-3-5-14)8-21-15-10-24(11-16(15)26-2)17-6-7-20-18(19)23-17/h6-7,9,14-16,21H,3-5,8,10-11H2,1-2H3,(H2,19,20,23)/t15-,16+/m0/s1. The molecule has 140 valence electrons. The Bertz CT molecular complexity index is 758. The van der Waals surface area contributed by atoms with Gasteiger partial charge >= 0.3 is 0 Å². The Morgan fingerprint density at radius 3 is 2.88 bits per heavy atom. The van der Waals surface area contributed by atoms with Gasteiger partial charge in [-0.2, -0.15) is 10.1 Å². The van der Waals surface area contributed by atoms with E-state index in [4.69, 9.17) is 10.5 Å². The third-order valence-corrected chi connectivity index (χ3v) is 5.67. The molecule has 3 heterocycles. The average Bonchev–Trinajstić information content (AvgIpc) is 3.16. The normalized spacial score (nSPS) is 23.4. The summed E-state index contributed by atoms with van der Waals surface area (Å²) in [6.45, 7) is 4.57. The topological polar surface area (TPSA) is 94.1 Å². The first-order valence-electron chi connectivity index (χ1n) is 9.28. The molecule has 8 heteroatoms. The second kappa shape index (κ2) is 7.20. The van der Waals surface area contributed by atoms with Crippen molar-refractivity contribution in [1.82, 2.24) is 25.1 Å². The van der Waals surface area contributed by atoms with Crippen LogP contribution in [0.4, 0.5) is 11.8 Å². The van der Waals surface area contributed by atoms with Gasteiger partial charge in [-0.15, -0.1) is 0 Å². The van der Waals surface area contributed by atoms with Gasteiger partial charge in [-0.25, -0.2) is 4.98 Å². The molecule has 1 saturated carbocycles. The van der Waals surface area contributed by atoms with Crippen LogP contribution in [0.2, 0.25) is 0 Å². The molecule has 0 spiro atoms. The van der Waals surface area contributed by atoms with Crippen LogP contribution in [0.15, 0.2) is 18.5 Å². The van der Waals surface area contributed by atoms with Gasteiger partial charge in [0.2, 0.25) is 5.95 Å². The predicted molar refractivity (Wildman–Crippen MR) is 99.9 cm³/mol. The molecule has 1 aliphatic carbocycles. The molecule has 3 N–H and O–H groups in total. The van der Waals surface area contributed by atoms with Crippen molar-refractivity contribution in [3.05, 3.63) is 29.7 Å². The van der Waals surface area contributed by atoms with Crippen molar-refractivity contribution in [3.8, 4) is 0 Å². The highest BCUT2D eigenvalue weighted by Gasteiger charge is 2.33. The molecule has 2 fully saturated rings. The molecule has 8 nitrogen and oxygen atoms in total. The summed E-state index contributed by atoms with van der Waals surface area (Å²) in [5.74, 6) is 1.14. The lowest BCUT2D eigenvalue weighted by Crippen LogP contribution is -2.39. The van der Waals surface area contributed by atoms with Gasteiger partial charge in [0.25, 0.3) is 0 Å². The van der Waals surface area contributed by atoms with E-state index in [1.165, 1.54) is 30.5 Å². The van der Waals surface area contributed by atoms with Gasteiger partial charge in [-0.3, -0.25) is 4.68 Å². The Labute approximate surface area is 153 Å². The van der Waals surface area contributed by atoms with E-state index in [9.17, 15) is 0 Å². The van der Waals surface area contributed by atoms with Crippen molar-refractivity contribution < 1.29 is 4.74 Å². The molecule has 2 aromatic heterocycles. The predicted octanol–water partition coefficient (Wildman–Crippen LogP) is 1.28. The van der Waals surface area contributed by atoms with Crippen molar-refractivity contribution in [3.63, 3.8) is 0 Å². The third-order valence-electron chi connectivity index (χ3n) is 5.67. The van der Waals surface area contributed by atoms with E-state index in [-0.39, 0.29) is 12.1 Å². The van der Waals surface area contributed by atoms with Gasteiger partial charge in [-0.05, 0) is 32.3 Å². The van der Waals surface area contributed by atoms with Crippen molar-refractivity contribution in [2.75, 3.05) is 30.8 Å². The average molecular weight is 357 g/mol. The number of nitrogens with zero attached hydrogens (tertiary/aromatic N) is 5. The highest BCUT2D eigenvalue weighted by Crippen LogP contribution is 2.32. The van der Waals surface area contributed by atoms with Crippen molar-refractivity contribution in [2.45, 2.75) is 50.9 Å². The Balaban J connectivity index is 1.40. The summed E-state index contributed by atoms with van der Waals surface area (Å²) in [5.41, 5.74) is 8.25. The number of nitrogens with one attached hydrogen (secondary N) is 1. The first kappa shape index (κ1) is 17.2. The highest BCUT2D eigenvalue weighted by molar-refractivity contribution is 5.43. The second-order valence-electron chi connectivity index (χ2n) is 7.22. The maximum absolute atomic E-state index is 5.72. The second-order valence-corrected chi connectivity index (χ2v) is 7.22. The Hall–Kier alpha value is -2.19. The minimum absolute atomic E-state index is 0.105.